The van der Waals surface area contributed by atoms with Crippen molar-refractivity contribution in [1.29, 1.82) is 0 Å². The van der Waals surface area contributed by atoms with E-state index in [2.05, 4.69) is 32.9 Å². The van der Waals surface area contributed by atoms with Gasteiger partial charge in [0.15, 0.2) is 17.6 Å². The molecule has 0 aliphatic heterocycles. The van der Waals surface area contributed by atoms with Crippen LogP contribution in [0.1, 0.15) is 11.1 Å². The van der Waals surface area contributed by atoms with Gasteiger partial charge in [-0.25, -0.2) is 8.78 Å². The van der Waals surface area contributed by atoms with Gasteiger partial charge in [-0.3, -0.25) is 9.67 Å². The SMILES string of the molecule is CN=C(NCCOc1ccc(F)c(F)c1)NCc1ccccc1Cn1cccn1.I. The third kappa shape index (κ3) is 6.97. The minimum atomic E-state index is -0.929. The van der Waals surface area contributed by atoms with Crippen LogP contribution in [0.5, 0.6) is 5.75 Å². The molecule has 0 fully saturated rings. The van der Waals surface area contributed by atoms with E-state index in [1.165, 1.54) is 11.6 Å². The molecule has 2 aromatic carbocycles. The van der Waals surface area contributed by atoms with Crippen LogP contribution in [0.3, 0.4) is 0 Å². The van der Waals surface area contributed by atoms with E-state index in [0.717, 1.165) is 17.7 Å². The van der Waals surface area contributed by atoms with Crippen LogP contribution < -0.4 is 15.4 Å². The molecule has 0 aliphatic rings. The standard InChI is InChI=1S/C21H23F2N5O.HI/c1-24-21(25-10-12-29-18-7-8-19(22)20(23)13-18)26-14-16-5-2-3-6-17(16)15-28-11-4-9-27-28;/h2-9,11,13H,10,12,14-15H2,1H3,(H2,24,25,26);1H. The summed E-state index contributed by atoms with van der Waals surface area (Å²) < 4.78 is 33.4. The van der Waals surface area contributed by atoms with E-state index in [-0.39, 0.29) is 36.3 Å². The number of halogens is 3. The quantitative estimate of drug-likeness (QED) is 0.204. The lowest BCUT2D eigenvalue weighted by atomic mass is 10.1. The average molecular weight is 527 g/mol. The molecule has 1 aromatic heterocycles. The van der Waals surface area contributed by atoms with Gasteiger partial charge in [0.1, 0.15) is 12.4 Å². The highest BCUT2D eigenvalue weighted by Gasteiger charge is 2.06. The number of benzene rings is 2. The summed E-state index contributed by atoms with van der Waals surface area (Å²) in [7, 11) is 1.68. The maximum atomic E-state index is 13.2. The molecule has 0 unspecified atom stereocenters. The molecule has 0 radical (unpaired) electrons. The number of ether oxygens (including phenoxy) is 1. The van der Waals surface area contributed by atoms with Crippen molar-refractivity contribution in [3.05, 3.63) is 83.7 Å². The Kier molecular flexibility index (Phi) is 9.52. The maximum absolute atomic E-state index is 13.2. The number of aromatic nitrogens is 2. The molecule has 0 atom stereocenters. The summed E-state index contributed by atoms with van der Waals surface area (Å²) in [5, 5.41) is 10.6. The van der Waals surface area contributed by atoms with E-state index in [4.69, 9.17) is 4.74 Å². The molecule has 9 heteroatoms. The van der Waals surface area contributed by atoms with Crippen molar-refractivity contribution in [2.24, 2.45) is 4.99 Å². The second-order valence-electron chi connectivity index (χ2n) is 6.25. The predicted octanol–water partition coefficient (Wildman–Crippen LogP) is 3.57. The van der Waals surface area contributed by atoms with E-state index >= 15 is 0 Å². The summed E-state index contributed by atoms with van der Waals surface area (Å²) >= 11 is 0. The second-order valence-corrected chi connectivity index (χ2v) is 6.25. The van der Waals surface area contributed by atoms with E-state index in [9.17, 15) is 8.78 Å². The molecule has 3 rings (SSSR count). The molecule has 0 saturated heterocycles. The zero-order valence-corrected chi connectivity index (χ0v) is 18.8. The minimum Gasteiger partial charge on any atom is -0.492 e. The molecule has 2 N–H and O–H groups in total. The lowest BCUT2D eigenvalue weighted by molar-refractivity contribution is 0.318. The topological polar surface area (TPSA) is 63.5 Å². The fourth-order valence-electron chi connectivity index (χ4n) is 2.76. The van der Waals surface area contributed by atoms with Gasteiger partial charge >= 0.3 is 0 Å². The highest BCUT2D eigenvalue weighted by Crippen LogP contribution is 2.15. The van der Waals surface area contributed by atoms with Crippen LogP contribution in [-0.4, -0.2) is 35.9 Å². The molecular weight excluding hydrogens is 503 g/mol. The molecule has 30 heavy (non-hydrogen) atoms. The van der Waals surface area contributed by atoms with E-state index in [1.807, 2.05) is 29.1 Å². The first-order chi connectivity index (χ1) is 14.2. The van der Waals surface area contributed by atoms with Gasteiger partial charge in [-0.05, 0) is 29.3 Å². The van der Waals surface area contributed by atoms with Crippen LogP contribution >= 0.6 is 24.0 Å². The van der Waals surface area contributed by atoms with Crippen molar-refractivity contribution in [2.45, 2.75) is 13.1 Å². The van der Waals surface area contributed by atoms with E-state index in [0.29, 0.717) is 25.6 Å². The Hall–Kier alpha value is -2.69. The van der Waals surface area contributed by atoms with Gasteiger partial charge in [-0.1, -0.05) is 24.3 Å². The second kappa shape index (κ2) is 12.1. The normalized spacial score (nSPS) is 11.0. The van der Waals surface area contributed by atoms with Gasteiger partial charge in [0.2, 0.25) is 0 Å². The largest absolute Gasteiger partial charge is 0.492 e. The Bertz CT molecular complexity index is 950. The maximum Gasteiger partial charge on any atom is 0.191 e. The van der Waals surface area contributed by atoms with Gasteiger partial charge in [0.25, 0.3) is 0 Å². The fraction of sp³-hybridized carbons (Fsp3) is 0.238. The first-order valence-corrected chi connectivity index (χ1v) is 9.22. The molecule has 1 heterocycles. The van der Waals surface area contributed by atoms with Crippen LogP contribution in [0.2, 0.25) is 0 Å². The average Bonchev–Trinajstić information content (AvgIpc) is 3.24. The van der Waals surface area contributed by atoms with E-state index < -0.39 is 11.6 Å². The van der Waals surface area contributed by atoms with E-state index in [1.54, 1.807) is 13.2 Å². The Labute approximate surface area is 191 Å². The Morgan fingerprint density at radius 3 is 2.57 bits per heavy atom. The molecule has 0 amide bonds. The first kappa shape index (κ1) is 23.6. The lowest BCUT2D eigenvalue weighted by Gasteiger charge is -2.15. The van der Waals surface area contributed by atoms with Crippen LogP contribution in [0.4, 0.5) is 8.78 Å². The summed E-state index contributed by atoms with van der Waals surface area (Å²) in [6, 6.07) is 13.5. The van der Waals surface area contributed by atoms with Crippen LogP contribution in [0, 0.1) is 11.6 Å². The molecule has 0 spiro atoms. The zero-order chi connectivity index (χ0) is 20.5. The highest BCUT2D eigenvalue weighted by atomic mass is 127. The predicted molar refractivity (Wildman–Crippen MR) is 123 cm³/mol. The van der Waals surface area contributed by atoms with Crippen LogP contribution in [0.25, 0.3) is 0 Å². The number of aliphatic imine (C=N–C) groups is 1. The number of nitrogens with zero attached hydrogens (tertiary/aromatic N) is 3. The summed E-state index contributed by atoms with van der Waals surface area (Å²) in [4.78, 5) is 4.19. The highest BCUT2D eigenvalue weighted by molar-refractivity contribution is 14.0. The van der Waals surface area contributed by atoms with Crippen molar-refractivity contribution in [2.75, 3.05) is 20.2 Å². The van der Waals surface area contributed by atoms with Crippen LogP contribution in [-0.2, 0) is 13.1 Å². The van der Waals surface area contributed by atoms with Crippen molar-refractivity contribution in [3.8, 4) is 5.75 Å². The fourth-order valence-corrected chi connectivity index (χ4v) is 2.76. The number of guanidine groups is 1. The number of hydrogen-bond acceptors (Lipinski definition) is 3. The molecule has 0 saturated carbocycles. The van der Waals surface area contributed by atoms with Gasteiger partial charge in [0.05, 0.1) is 13.1 Å². The zero-order valence-electron chi connectivity index (χ0n) is 16.5. The van der Waals surface area contributed by atoms with Crippen molar-refractivity contribution < 1.29 is 13.5 Å². The Balaban J connectivity index is 0.00000320. The molecule has 3 aromatic rings. The monoisotopic (exact) mass is 527 g/mol. The number of hydrogen-bond donors (Lipinski definition) is 2. The summed E-state index contributed by atoms with van der Waals surface area (Å²) in [5.74, 6) is -0.927. The van der Waals surface area contributed by atoms with Crippen molar-refractivity contribution in [1.82, 2.24) is 20.4 Å². The van der Waals surface area contributed by atoms with Gasteiger partial charge in [-0.15, -0.1) is 24.0 Å². The van der Waals surface area contributed by atoms with Crippen molar-refractivity contribution in [3.63, 3.8) is 0 Å². The van der Waals surface area contributed by atoms with Gasteiger partial charge in [0, 0.05) is 32.1 Å². The van der Waals surface area contributed by atoms with Crippen LogP contribution in [0.15, 0.2) is 65.9 Å². The third-order valence-electron chi connectivity index (χ3n) is 4.23. The molecule has 6 nitrogen and oxygen atoms in total. The van der Waals surface area contributed by atoms with Gasteiger partial charge < -0.3 is 15.4 Å². The lowest BCUT2D eigenvalue weighted by Crippen LogP contribution is -2.39. The summed E-state index contributed by atoms with van der Waals surface area (Å²) in [6.07, 6.45) is 3.69. The third-order valence-corrected chi connectivity index (χ3v) is 4.23. The van der Waals surface area contributed by atoms with Gasteiger partial charge in [-0.2, -0.15) is 5.10 Å². The first-order valence-electron chi connectivity index (χ1n) is 9.22. The van der Waals surface area contributed by atoms with Crippen molar-refractivity contribution >= 4 is 29.9 Å². The smallest absolute Gasteiger partial charge is 0.191 e. The summed E-state index contributed by atoms with van der Waals surface area (Å²) in [6.45, 7) is 2.02. The minimum absolute atomic E-state index is 0. The Morgan fingerprint density at radius 2 is 1.87 bits per heavy atom. The molecule has 160 valence electrons. The Morgan fingerprint density at radius 1 is 1.07 bits per heavy atom. The number of rotatable bonds is 8. The summed E-state index contributed by atoms with van der Waals surface area (Å²) in [5.41, 5.74) is 2.31. The molecule has 0 aliphatic carbocycles. The molecular formula is C21H24F2IN5O. The molecule has 0 bridgehead atoms. The number of nitrogens with one attached hydrogen (secondary N) is 2.